The Morgan fingerprint density at radius 2 is 2.05 bits per heavy atom. The Balaban J connectivity index is 1.58. The predicted molar refractivity (Wildman–Crippen MR) is 88.0 cm³/mol. The van der Waals surface area contributed by atoms with Crippen LogP contribution in [0.5, 0.6) is 0 Å². The van der Waals surface area contributed by atoms with Crippen molar-refractivity contribution in [3.8, 4) is 0 Å². The molecule has 120 valence electrons. The third-order valence-electron chi connectivity index (χ3n) is 4.90. The lowest BCUT2D eigenvalue weighted by Gasteiger charge is -2.30. The van der Waals surface area contributed by atoms with E-state index in [4.69, 9.17) is 5.11 Å². The van der Waals surface area contributed by atoms with E-state index >= 15 is 0 Å². The second kappa shape index (κ2) is 7.14. The molecule has 0 spiro atoms. The number of aliphatic hydroxyl groups is 1. The minimum absolute atomic E-state index is 0.0334. The van der Waals surface area contributed by atoms with Crippen molar-refractivity contribution in [3.05, 3.63) is 29.8 Å². The van der Waals surface area contributed by atoms with Crippen molar-refractivity contribution in [3.63, 3.8) is 0 Å². The van der Waals surface area contributed by atoms with Crippen molar-refractivity contribution in [1.29, 1.82) is 0 Å². The molecule has 2 unspecified atom stereocenters. The van der Waals surface area contributed by atoms with Crippen molar-refractivity contribution in [2.24, 2.45) is 11.8 Å². The van der Waals surface area contributed by atoms with Gasteiger partial charge < -0.3 is 15.7 Å². The lowest BCUT2D eigenvalue weighted by molar-refractivity contribution is 0.0945. The van der Waals surface area contributed by atoms with E-state index in [0.29, 0.717) is 18.2 Å². The van der Waals surface area contributed by atoms with E-state index in [2.05, 4.69) is 10.6 Å². The van der Waals surface area contributed by atoms with Gasteiger partial charge in [-0.15, -0.1) is 0 Å². The summed E-state index contributed by atoms with van der Waals surface area (Å²) >= 11 is 0. The van der Waals surface area contributed by atoms with Crippen LogP contribution in [0.1, 0.15) is 48.9 Å². The standard InChI is InChI=1S/C18H26N2O2/c21-10-9-19-18(22)15-4-2-6-17(12-15)20-16-5-1-3-14(11-16)13-7-8-13/h2,4,6,12-14,16,20-21H,1,3,5,7-11H2,(H,19,22). The average Bonchev–Trinajstić information content (AvgIpc) is 3.38. The van der Waals surface area contributed by atoms with E-state index in [1.165, 1.54) is 38.5 Å². The smallest absolute Gasteiger partial charge is 0.251 e. The largest absolute Gasteiger partial charge is 0.395 e. The molecule has 2 fully saturated rings. The van der Waals surface area contributed by atoms with Crippen LogP contribution in [0.4, 0.5) is 5.69 Å². The summed E-state index contributed by atoms with van der Waals surface area (Å²) in [5.41, 5.74) is 1.67. The van der Waals surface area contributed by atoms with Crippen molar-refractivity contribution < 1.29 is 9.90 Å². The molecule has 22 heavy (non-hydrogen) atoms. The van der Waals surface area contributed by atoms with Gasteiger partial charge >= 0.3 is 0 Å². The van der Waals surface area contributed by atoms with E-state index < -0.39 is 0 Å². The Hall–Kier alpha value is -1.55. The third-order valence-corrected chi connectivity index (χ3v) is 4.90. The number of carbonyl (C=O) groups is 1. The number of rotatable bonds is 6. The molecule has 1 aromatic carbocycles. The SMILES string of the molecule is O=C(NCCO)c1cccc(NC2CCCC(C3CC3)C2)c1. The zero-order chi connectivity index (χ0) is 15.4. The van der Waals surface area contributed by atoms with Gasteiger partial charge in [-0.2, -0.15) is 0 Å². The van der Waals surface area contributed by atoms with Crippen molar-refractivity contribution in [2.75, 3.05) is 18.5 Å². The Bertz CT molecular complexity index is 514. The van der Waals surface area contributed by atoms with Crippen LogP contribution in [-0.2, 0) is 0 Å². The highest BCUT2D eigenvalue weighted by Gasteiger charge is 2.34. The number of benzene rings is 1. The molecule has 0 radical (unpaired) electrons. The molecule has 0 saturated heterocycles. The molecule has 2 aliphatic rings. The maximum Gasteiger partial charge on any atom is 0.251 e. The molecule has 3 rings (SSSR count). The predicted octanol–water partition coefficient (Wildman–Crippen LogP) is 2.79. The number of nitrogens with one attached hydrogen (secondary N) is 2. The van der Waals surface area contributed by atoms with Gasteiger partial charge in [-0.05, 0) is 55.7 Å². The first-order chi connectivity index (χ1) is 10.8. The fraction of sp³-hybridized carbons (Fsp3) is 0.611. The van der Waals surface area contributed by atoms with Gasteiger partial charge in [-0.25, -0.2) is 0 Å². The van der Waals surface area contributed by atoms with Gasteiger partial charge in [0.15, 0.2) is 0 Å². The zero-order valence-electron chi connectivity index (χ0n) is 13.1. The first kappa shape index (κ1) is 15.3. The maximum atomic E-state index is 11.9. The number of aliphatic hydroxyl groups excluding tert-OH is 1. The number of hydrogen-bond acceptors (Lipinski definition) is 3. The lowest BCUT2D eigenvalue weighted by Crippen LogP contribution is -2.29. The number of hydrogen-bond donors (Lipinski definition) is 3. The molecule has 0 aliphatic heterocycles. The van der Waals surface area contributed by atoms with E-state index in [9.17, 15) is 4.79 Å². The van der Waals surface area contributed by atoms with Crippen LogP contribution in [0.15, 0.2) is 24.3 Å². The summed E-state index contributed by atoms with van der Waals surface area (Å²) in [5.74, 6) is 1.76. The molecule has 4 nitrogen and oxygen atoms in total. The minimum atomic E-state index is -0.128. The van der Waals surface area contributed by atoms with Gasteiger partial charge in [0.2, 0.25) is 0 Å². The highest BCUT2D eigenvalue weighted by molar-refractivity contribution is 5.95. The van der Waals surface area contributed by atoms with E-state index in [0.717, 1.165) is 17.5 Å². The van der Waals surface area contributed by atoms with Crippen molar-refractivity contribution in [1.82, 2.24) is 5.32 Å². The topological polar surface area (TPSA) is 61.4 Å². The summed E-state index contributed by atoms with van der Waals surface area (Å²) in [7, 11) is 0. The van der Waals surface area contributed by atoms with Gasteiger partial charge in [0, 0.05) is 23.8 Å². The molecular formula is C18H26N2O2. The molecular weight excluding hydrogens is 276 g/mol. The molecule has 2 aliphatic carbocycles. The van der Waals surface area contributed by atoms with Crippen LogP contribution < -0.4 is 10.6 Å². The van der Waals surface area contributed by atoms with Crippen LogP contribution in [0.2, 0.25) is 0 Å². The van der Waals surface area contributed by atoms with Crippen LogP contribution in [0.3, 0.4) is 0 Å². The third kappa shape index (κ3) is 4.01. The van der Waals surface area contributed by atoms with Gasteiger partial charge in [-0.3, -0.25) is 4.79 Å². The highest BCUT2D eigenvalue weighted by atomic mass is 16.3. The summed E-state index contributed by atoms with van der Waals surface area (Å²) < 4.78 is 0. The van der Waals surface area contributed by atoms with Crippen molar-refractivity contribution >= 4 is 11.6 Å². The molecule has 0 bridgehead atoms. The van der Waals surface area contributed by atoms with E-state index in [1.54, 1.807) is 0 Å². The summed E-state index contributed by atoms with van der Waals surface area (Å²) in [6, 6.07) is 8.20. The maximum absolute atomic E-state index is 11.9. The number of carbonyl (C=O) groups excluding carboxylic acids is 1. The van der Waals surface area contributed by atoms with Crippen LogP contribution in [0.25, 0.3) is 0 Å². The molecule has 3 N–H and O–H groups in total. The van der Waals surface area contributed by atoms with Crippen LogP contribution in [-0.4, -0.2) is 30.2 Å². The highest BCUT2D eigenvalue weighted by Crippen LogP contribution is 2.44. The summed E-state index contributed by atoms with van der Waals surface area (Å²) in [4.78, 5) is 11.9. The fourth-order valence-corrected chi connectivity index (χ4v) is 3.61. The average molecular weight is 302 g/mol. The van der Waals surface area contributed by atoms with Gasteiger partial charge in [-0.1, -0.05) is 18.9 Å². The number of anilines is 1. The van der Waals surface area contributed by atoms with Crippen LogP contribution >= 0.6 is 0 Å². The summed E-state index contributed by atoms with van der Waals surface area (Å²) in [5, 5.41) is 15.1. The Labute approximate surface area is 132 Å². The van der Waals surface area contributed by atoms with E-state index in [-0.39, 0.29) is 12.5 Å². The van der Waals surface area contributed by atoms with Crippen molar-refractivity contribution in [2.45, 2.75) is 44.6 Å². The van der Waals surface area contributed by atoms with Crippen LogP contribution in [0, 0.1) is 11.8 Å². The Kier molecular flexibility index (Phi) is 4.98. The first-order valence-electron chi connectivity index (χ1n) is 8.52. The van der Waals surface area contributed by atoms with Gasteiger partial charge in [0.25, 0.3) is 5.91 Å². The van der Waals surface area contributed by atoms with E-state index in [1.807, 2.05) is 24.3 Å². The number of amides is 1. The second-order valence-corrected chi connectivity index (χ2v) is 6.67. The Morgan fingerprint density at radius 1 is 1.18 bits per heavy atom. The molecule has 4 heteroatoms. The molecule has 0 heterocycles. The van der Waals surface area contributed by atoms with Gasteiger partial charge in [0.1, 0.15) is 0 Å². The molecule has 1 amide bonds. The van der Waals surface area contributed by atoms with Gasteiger partial charge in [0.05, 0.1) is 6.61 Å². The molecule has 2 atom stereocenters. The molecule has 1 aromatic rings. The lowest BCUT2D eigenvalue weighted by atomic mass is 9.82. The fourth-order valence-electron chi connectivity index (χ4n) is 3.61. The quantitative estimate of drug-likeness (QED) is 0.757. The molecule has 0 aromatic heterocycles. The first-order valence-corrected chi connectivity index (χ1v) is 8.52. The summed E-state index contributed by atoms with van der Waals surface area (Å²) in [6.45, 7) is 0.260. The summed E-state index contributed by atoms with van der Waals surface area (Å²) in [6.07, 6.45) is 8.06. The minimum Gasteiger partial charge on any atom is -0.395 e. The zero-order valence-corrected chi connectivity index (χ0v) is 13.1. The Morgan fingerprint density at radius 3 is 2.82 bits per heavy atom. The molecule has 2 saturated carbocycles. The second-order valence-electron chi connectivity index (χ2n) is 6.67. The monoisotopic (exact) mass is 302 g/mol. The normalized spacial score (nSPS) is 24.8.